The van der Waals surface area contributed by atoms with Crippen molar-refractivity contribution >= 4 is 18.6 Å². The van der Waals surface area contributed by atoms with Gasteiger partial charge < -0.3 is 21.5 Å². The molecule has 6 heteroatoms. The first-order valence-corrected chi connectivity index (χ1v) is 18.5. The van der Waals surface area contributed by atoms with E-state index in [2.05, 4.69) is 97.6 Å². The van der Waals surface area contributed by atoms with Gasteiger partial charge in [-0.25, -0.2) is 0 Å². The highest BCUT2D eigenvalue weighted by Gasteiger charge is 2.63. The number of benzene rings is 1. The van der Waals surface area contributed by atoms with Crippen LogP contribution in [0.4, 0.5) is 0 Å². The van der Waals surface area contributed by atoms with Crippen molar-refractivity contribution in [2.75, 3.05) is 26.2 Å². The van der Waals surface area contributed by atoms with Gasteiger partial charge in [-0.2, -0.15) is 12.6 Å². The number of esters is 1. The number of nitrogens with one attached hydrogen (secondary N) is 1. The normalized spacial score (nSPS) is 15.9. The molecule has 0 fully saturated rings. The summed E-state index contributed by atoms with van der Waals surface area (Å²) in [5, 5.41) is 3.49. The van der Waals surface area contributed by atoms with Gasteiger partial charge in [-0.15, -0.1) is 0 Å². The maximum atomic E-state index is 14.3. The Morgan fingerprint density at radius 1 is 0.889 bits per heavy atom. The average molecular weight is 648 g/mol. The number of carbonyl (C=O) groups is 1. The summed E-state index contributed by atoms with van der Waals surface area (Å²) in [5.41, 5.74) is 12.6. The second kappa shape index (κ2) is 18.5. The monoisotopic (exact) mass is 648 g/mol. The predicted molar refractivity (Wildman–Crippen MR) is 199 cm³/mol. The molecule has 0 bridgehead atoms. The highest BCUT2D eigenvalue weighted by atomic mass is 32.1. The summed E-state index contributed by atoms with van der Waals surface area (Å²) in [6.07, 6.45) is 10.1. The van der Waals surface area contributed by atoms with E-state index in [4.69, 9.17) is 16.2 Å². The minimum atomic E-state index is -0.943. The van der Waals surface area contributed by atoms with Crippen molar-refractivity contribution in [3.05, 3.63) is 35.4 Å². The fraction of sp³-hybridized carbons (Fsp3) is 0.821. The van der Waals surface area contributed by atoms with Crippen LogP contribution in [0.5, 0.6) is 0 Å². The Bertz CT molecular complexity index is 983. The smallest absolute Gasteiger partial charge is 0.314 e. The summed E-state index contributed by atoms with van der Waals surface area (Å²) in [6.45, 7) is 27.7. The first kappa shape index (κ1) is 41.9. The Morgan fingerprint density at radius 2 is 1.47 bits per heavy atom. The van der Waals surface area contributed by atoms with Crippen LogP contribution < -0.4 is 16.8 Å². The van der Waals surface area contributed by atoms with E-state index < -0.39 is 16.4 Å². The summed E-state index contributed by atoms with van der Waals surface area (Å²) in [7, 11) is 0. The molecule has 1 aromatic carbocycles. The number of hydrogen-bond acceptors (Lipinski definition) is 6. The summed E-state index contributed by atoms with van der Waals surface area (Å²) >= 11 is 4.51. The molecule has 0 heterocycles. The van der Waals surface area contributed by atoms with Crippen molar-refractivity contribution in [3.8, 4) is 0 Å². The third-order valence-electron chi connectivity index (χ3n) is 12.1. The highest BCUT2D eigenvalue weighted by molar-refractivity contribution is 7.79. The summed E-state index contributed by atoms with van der Waals surface area (Å²) in [6, 6.07) is 8.99. The van der Waals surface area contributed by atoms with Crippen LogP contribution >= 0.6 is 12.6 Å². The third kappa shape index (κ3) is 11.0. The van der Waals surface area contributed by atoms with Crippen molar-refractivity contribution < 1.29 is 9.53 Å². The molecule has 5 N–H and O–H groups in total. The van der Waals surface area contributed by atoms with Crippen molar-refractivity contribution in [2.24, 2.45) is 39.0 Å². The molecule has 3 atom stereocenters. The van der Waals surface area contributed by atoms with E-state index in [1.807, 2.05) is 20.8 Å². The lowest BCUT2D eigenvalue weighted by Crippen LogP contribution is -2.65. The van der Waals surface area contributed by atoms with Crippen molar-refractivity contribution in [3.63, 3.8) is 0 Å². The largest absolute Gasteiger partial charge is 0.465 e. The Morgan fingerprint density at radius 3 is 2.00 bits per heavy atom. The molecule has 45 heavy (non-hydrogen) atoms. The number of unbranched alkanes of at least 4 members (excludes halogenated alkanes) is 4. The minimum Gasteiger partial charge on any atom is -0.465 e. The van der Waals surface area contributed by atoms with Gasteiger partial charge in [0, 0.05) is 11.3 Å². The Hall–Kier alpha value is -1.08. The molecule has 1 aromatic rings. The summed E-state index contributed by atoms with van der Waals surface area (Å²) < 4.78 is 6.09. The van der Waals surface area contributed by atoms with Crippen LogP contribution in [0.25, 0.3) is 0 Å². The quantitative estimate of drug-likeness (QED) is 0.0540. The molecule has 0 saturated carbocycles. The molecule has 3 unspecified atom stereocenters. The molecular formula is C39H73N3O2S. The number of ether oxygens (including phenoxy) is 1. The van der Waals surface area contributed by atoms with E-state index in [1.54, 1.807) is 0 Å². The molecule has 0 spiro atoms. The Kier molecular flexibility index (Phi) is 17.2. The van der Waals surface area contributed by atoms with E-state index in [1.165, 1.54) is 43.2 Å². The fourth-order valence-corrected chi connectivity index (χ4v) is 7.27. The second-order valence-electron chi connectivity index (χ2n) is 16.3. The number of nitrogens with two attached hydrogens (primary N) is 2. The standard InChI is InChI=1S/C39H73N3O2S/c1-12-13-19-30(2)35(3,4)28-33(32-22-20-31(29-45)21-23-32)36(5,6)37(7,8)39(11,38(9,10)41)34(43)44-27-18-26-42-25-17-15-14-16-24-40/h20-23,30,33,42,45H,12-19,24-29,40-41H2,1-11H3. The second-order valence-corrected chi connectivity index (χ2v) is 16.6. The van der Waals surface area contributed by atoms with E-state index >= 15 is 0 Å². The van der Waals surface area contributed by atoms with Gasteiger partial charge in [0.05, 0.1) is 12.0 Å². The van der Waals surface area contributed by atoms with E-state index in [0.29, 0.717) is 12.5 Å². The molecule has 262 valence electrons. The molecule has 0 aromatic heterocycles. The lowest BCUT2D eigenvalue weighted by molar-refractivity contribution is -0.180. The first-order valence-electron chi connectivity index (χ1n) is 17.9. The molecular weight excluding hydrogens is 575 g/mol. The maximum Gasteiger partial charge on any atom is 0.314 e. The number of carbonyl (C=O) groups excluding carboxylic acids is 1. The zero-order chi connectivity index (χ0) is 34.5. The Balaban J connectivity index is 3.33. The molecule has 0 aliphatic rings. The van der Waals surface area contributed by atoms with Crippen LogP contribution in [0.3, 0.4) is 0 Å². The minimum absolute atomic E-state index is 0.113. The van der Waals surface area contributed by atoms with Gasteiger partial charge in [-0.05, 0) is 105 Å². The molecule has 0 amide bonds. The van der Waals surface area contributed by atoms with Crippen LogP contribution in [0.1, 0.15) is 151 Å². The third-order valence-corrected chi connectivity index (χ3v) is 12.5. The van der Waals surface area contributed by atoms with Gasteiger partial charge in [-0.1, -0.05) is 112 Å². The number of hydrogen-bond donors (Lipinski definition) is 4. The molecule has 0 aliphatic heterocycles. The van der Waals surface area contributed by atoms with Gasteiger partial charge in [0.2, 0.25) is 0 Å². The first-order chi connectivity index (χ1) is 20.8. The highest BCUT2D eigenvalue weighted by Crippen LogP contribution is 2.63. The Labute approximate surface area is 284 Å². The lowest BCUT2D eigenvalue weighted by atomic mass is 9.44. The lowest BCUT2D eigenvalue weighted by Gasteiger charge is -2.60. The van der Waals surface area contributed by atoms with Crippen LogP contribution in [-0.2, 0) is 15.3 Å². The topological polar surface area (TPSA) is 90.4 Å². The number of rotatable bonds is 23. The fourth-order valence-electron chi connectivity index (χ4n) is 7.06. The molecule has 0 aliphatic carbocycles. The van der Waals surface area contributed by atoms with E-state index in [0.717, 1.165) is 51.1 Å². The van der Waals surface area contributed by atoms with E-state index in [-0.39, 0.29) is 22.7 Å². The van der Waals surface area contributed by atoms with Gasteiger partial charge >= 0.3 is 5.97 Å². The van der Waals surface area contributed by atoms with Crippen molar-refractivity contribution in [2.45, 2.75) is 151 Å². The van der Waals surface area contributed by atoms with Crippen LogP contribution in [-0.4, -0.2) is 37.7 Å². The maximum absolute atomic E-state index is 14.3. The average Bonchev–Trinajstić information content (AvgIpc) is 2.98. The number of thiol groups is 1. The van der Waals surface area contributed by atoms with Crippen molar-refractivity contribution in [1.82, 2.24) is 5.32 Å². The van der Waals surface area contributed by atoms with Gasteiger partial charge in [0.25, 0.3) is 0 Å². The zero-order valence-electron chi connectivity index (χ0n) is 31.3. The van der Waals surface area contributed by atoms with Gasteiger partial charge in [0.15, 0.2) is 0 Å². The van der Waals surface area contributed by atoms with Gasteiger partial charge in [-0.3, -0.25) is 4.79 Å². The van der Waals surface area contributed by atoms with Crippen LogP contribution in [0, 0.1) is 27.6 Å². The summed E-state index contributed by atoms with van der Waals surface area (Å²) in [4.78, 5) is 14.3. The summed E-state index contributed by atoms with van der Waals surface area (Å²) in [5.74, 6) is 1.30. The van der Waals surface area contributed by atoms with Crippen LogP contribution in [0.2, 0.25) is 0 Å². The molecule has 1 rings (SSSR count). The predicted octanol–water partition coefficient (Wildman–Crippen LogP) is 9.28. The van der Waals surface area contributed by atoms with Crippen LogP contribution in [0.15, 0.2) is 24.3 Å². The van der Waals surface area contributed by atoms with E-state index in [9.17, 15) is 4.79 Å². The molecule has 0 radical (unpaired) electrons. The molecule has 0 saturated heterocycles. The van der Waals surface area contributed by atoms with Crippen molar-refractivity contribution in [1.29, 1.82) is 0 Å². The van der Waals surface area contributed by atoms with Gasteiger partial charge in [0.1, 0.15) is 0 Å². The SMILES string of the molecule is CCCCC(C)C(C)(C)CC(c1ccc(CS)cc1)C(C)(C)C(C)(C)C(C)(C(=O)OCCCNCCCCCCN)C(C)(C)N. The molecule has 5 nitrogen and oxygen atoms in total. The zero-order valence-corrected chi connectivity index (χ0v) is 32.2.